The molecule has 3 rings (SSSR count). The van der Waals surface area contributed by atoms with Gasteiger partial charge in [0.15, 0.2) is 12.4 Å². The number of nitro benzene ring substituents is 3. The molecule has 0 aliphatic carbocycles. The molecule has 0 fully saturated rings. The Hall–Kier alpha value is -5.14. The lowest BCUT2D eigenvalue weighted by molar-refractivity contribution is -0.595. The number of rotatable bonds is 7. The lowest BCUT2D eigenvalue weighted by Crippen LogP contribution is -2.30. The van der Waals surface area contributed by atoms with Crippen molar-refractivity contribution in [1.82, 2.24) is 0 Å². The summed E-state index contributed by atoms with van der Waals surface area (Å²) in [6.07, 6.45) is 3.80. The van der Waals surface area contributed by atoms with Crippen molar-refractivity contribution in [2.24, 2.45) is 0 Å². The molecule has 35 heavy (non-hydrogen) atoms. The number of nitro groups is 3. The fourth-order valence-corrected chi connectivity index (χ4v) is 2.76. The molecule has 14 nitrogen and oxygen atoms in total. The maximum Gasteiger partial charge on any atom is 0.283 e. The number of benzene rings is 2. The molecule has 0 bridgehead atoms. The molecular formula is C21H19N5O9. The Morgan fingerprint density at radius 3 is 2.00 bits per heavy atom. The lowest BCUT2D eigenvalue weighted by atomic mass is 10.2. The molecular weight excluding hydrogens is 466 g/mol. The van der Waals surface area contributed by atoms with E-state index in [1.807, 2.05) is 60.3 Å². The van der Waals surface area contributed by atoms with Gasteiger partial charge < -0.3 is 15.2 Å². The van der Waals surface area contributed by atoms with Crippen molar-refractivity contribution in [1.29, 1.82) is 0 Å². The van der Waals surface area contributed by atoms with Gasteiger partial charge in [-0.05, 0) is 25.1 Å². The number of nitrogens with zero attached hydrogens (tertiary/aromatic N) is 4. The van der Waals surface area contributed by atoms with E-state index in [2.05, 4.69) is 5.32 Å². The highest BCUT2D eigenvalue weighted by Crippen LogP contribution is 2.36. The van der Waals surface area contributed by atoms with Crippen molar-refractivity contribution in [2.45, 2.75) is 13.8 Å². The van der Waals surface area contributed by atoms with Crippen LogP contribution < -0.4 is 19.7 Å². The molecule has 2 aromatic carbocycles. The number of anilines is 1. The molecule has 1 heterocycles. The number of carbonyl (C=O) groups excluding carboxylic acids is 1. The van der Waals surface area contributed by atoms with Gasteiger partial charge in [0.25, 0.3) is 17.1 Å². The molecule has 0 saturated heterocycles. The lowest BCUT2D eigenvalue weighted by Gasteiger charge is -2.06. The summed E-state index contributed by atoms with van der Waals surface area (Å²) in [5.41, 5.74) is -1.49. The van der Waals surface area contributed by atoms with Gasteiger partial charge in [-0.15, -0.1) is 0 Å². The fourth-order valence-electron chi connectivity index (χ4n) is 2.76. The number of non-ortho nitro benzene ring substituents is 1. The van der Waals surface area contributed by atoms with Crippen LogP contribution in [-0.4, -0.2) is 27.3 Å². The standard InChI is InChI=1S/C15H16N2O2.C6H3N3O7/c1-3-19-15-8-6-14(7-9-15)17-10-4-5-13(11-17)16-12(2)18;10-6-4(8(13)14)1-3(7(11)12)2-5(6)9(15)16/h4-11H,3H2,1-2H3;1-2,10H. The van der Waals surface area contributed by atoms with Gasteiger partial charge in [-0.25, -0.2) is 0 Å². The van der Waals surface area contributed by atoms with E-state index in [1.54, 1.807) is 0 Å². The summed E-state index contributed by atoms with van der Waals surface area (Å²) < 4.78 is 7.35. The van der Waals surface area contributed by atoms with Crippen molar-refractivity contribution in [3.8, 4) is 17.2 Å². The Labute approximate surface area is 197 Å². The first-order valence-electron chi connectivity index (χ1n) is 9.83. The zero-order valence-electron chi connectivity index (χ0n) is 18.4. The topological polar surface area (TPSA) is 195 Å². The summed E-state index contributed by atoms with van der Waals surface area (Å²) in [6, 6.07) is 12.3. The van der Waals surface area contributed by atoms with Crippen molar-refractivity contribution < 1.29 is 34.0 Å². The molecule has 0 unspecified atom stereocenters. The number of hydrogen-bond acceptors (Lipinski definition) is 9. The highest BCUT2D eigenvalue weighted by molar-refractivity contribution is 5.88. The van der Waals surface area contributed by atoms with E-state index in [-0.39, 0.29) is 5.91 Å². The SMILES string of the molecule is CCOc1ccc(-[n+]2cccc(NC(C)=O)c2)cc1.O=[N+]([O-])c1cc([N+](=O)[O-])c([O-])c([N+](=O)[O-])c1. The number of pyridine rings is 1. The average molecular weight is 485 g/mol. The predicted octanol–water partition coefficient (Wildman–Crippen LogP) is 2.81. The van der Waals surface area contributed by atoms with E-state index < -0.39 is 37.6 Å². The van der Waals surface area contributed by atoms with E-state index in [4.69, 9.17) is 4.74 Å². The van der Waals surface area contributed by atoms with Crippen LogP contribution in [-0.2, 0) is 4.79 Å². The molecule has 182 valence electrons. The summed E-state index contributed by atoms with van der Waals surface area (Å²) in [5, 5.41) is 44.9. The third-order valence-corrected chi connectivity index (χ3v) is 4.21. The smallest absolute Gasteiger partial charge is 0.283 e. The second-order valence-electron chi connectivity index (χ2n) is 6.69. The van der Waals surface area contributed by atoms with Gasteiger partial charge in [0, 0.05) is 25.1 Å². The van der Waals surface area contributed by atoms with Gasteiger partial charge in [-0.3, -0.25) is 35.1 Å². The van der Waals surface area contributed by atoms with Gasteiger partial charge in [0.1, 0.15) is 11.4 Å². The van der Waals surface area contributed by atoms with Crippen LogP contribution >= 0.6 is 0 Å². The number of hydrogen-bond donors (Lipinski definition) is 1. The monoisotopic (exact) mass is 485 g/mol. The zero-order chi connectivity index (χ0) is 26.1. The van der Waals surface area contributed by atoms with Gasteiger partial charge in [-0.2, -0.15) is 4.57 Å². The van der Waals surface area contributed by atoms with E-state index >= 15 is 0 Å². The van der Waals surface area contributed by atoms with E-state index in [0.717, 1.165) is 17.1 Å². The second-order valence-corrected chi connectivity index (χ2v) is 6.69. The summed E-state index contributed by atoms with van der Waals surface area (Å²) >= 11 is 0. The van der Waals surface area contributed by atoms with Crippen LogP contribution in [0.5, 0.6) is 11.5 Å². The molecule has 0 atom stereocenters. The van der Waals surface area contributed by atoms with Crippen LogP contribution in [0, 0.1) is 30.3 Å². The largest absolute Gasteiger partial charge is 0.863 e. The second kappa shape index (κ2) is 11.6. The van der Waals surface area contributed by atoms with E-state index in [1.165, 1.54) is 6.92 Å². The predicted molar refractivity (Wildman–Crippen MR) is 119 cm³/mol. The van der Waals surface area contributed by atoms with Crippen LogP contribution in [0.15, 0.2) is 60.9 Å². The number of carbonyl (C=O) groups is 1. The fraction of sp³-hybridized carbons (Fsp3) is 0.143. The Kier molecular flexibility index (Phi) is 8.69. The first kappa shape index (κ1) is 26.1. The zero-order valence-corrected chi connectivity index (χ0v) is 18.4. The summed E-state index contributed by atoms with van der Waals surface area (Å²) in [5.74, 6) is -0.685. The molecule has 1 N–H and O–H groups in total. The number of amides is 1. The maximum atomic E-state index is 11.1. The Balaban J connectivity index is 0.000000251. The van der Waals surface area contributed by atoms with E-state index in [0.29, 0.717) is 18.7 Å². The maximum absolute atomic E-state index is 11.1. The summed E-state index contributed by atoms with van der Waals surface area (Å²) in [6.45, 7) is 4.11. The van der Waals surface area contributed by atoms with Crippen LogP contribution in [0.3, 0.4) is 0 Å². The first-order chi connectivity index (χ1) is 16.5. The van der Waals surface area contributed by atoms with Gasteiger partial charge in [-0.1, -0.05) is 0 Å². The van der Waals surface area contributed by atoms with E-state index in [9.17, 15) is 40.2 Å². The number of ether oxygens (including phenoxy) is 1. The first-order valence-corrected chi connectivity index (χ1v) is 9.83. The summed E-state index contributed by atoms with van der Waals surface area (Å²) in [4.78, 5) is 38.6. The van der Waals surface area contributed by atoms with Crippen molar-refractivity contribution in [2.75, 3.05) is 11.9 Å². The molecule has 0 spiro atoms. The minimum absolute atomic E-state index is 0.0792. The molecule has 0 aliphatic heterocycles. The van der Waals surface area contributed by atoms with Gasteiger partial charge in [0.05, 0.1) is 39.3 Å². The van der Waals surface area contributed by atoms with Crippen molar-refractivity contribution >= 4 is 28.7 Å². The average Bonchev–Trinajstić information content (AvgIpc) is 2.79. The van der Waals surface area contributed by atoms with Gasteiger partial charge in [0.2, 0.25) is 11.6 Å². The third-order valence-electron chi connectivity index (χ3n) is 4.21. The van der Waals surface area contributed by atoms with Crippen LogP contribution in [0.25, 0.3) is 5.69 Å². The molecule has 1 aromatic heterocycles. The van der Waals surface area contributed by atoms with Crippen LogP contribution in [0.4, 0.5) is 22.7 Å². The minimum Gasteiger partial charge on any atom is -0.863 e. The highest BCUT2D eigenvalue weighted by atomic mass is 16.6. The molecule has 0 aliphatic rings. The van der Waals surface area contributed by atoms with Crippen molar-refractivity contribution in [3.05, 3.63) is 91.3 Å². The Morgan fingerprint density at radius 2 is 1.54 bits per heavy atom. The molecule has 1 amide bonds. The van der Waals surface area contributed by atoms with Crippen LogP contribution in [0.2, 0.25) is 0 Å². The third kappa shape index (κ3) is 7.18. The quantitative estimate of drug-likeness (QED) is 0.297. The normalized spacial score (nSPS) is 9.89. The molecule has 14 heteroatoms. The molecule has 0 saturated carbocycles. The van der Waals surface area contributed by atoms with Gasteiger partial charge >= 0.3 is 0 Å². The minimum atomic E-state index is -1.46. The molecule has 0 radical (unpaired) electrons. The van der Waals surface area contributed by atoms with Crippen molar-refractivity contribution in [3.63, 3.8) is 0 Å². The summed E-state index contributed by atoms with van der Waals surface area (Å²) in [7, 11) is 0. The molecule has 3 aromatic rings. The highest BCUT2D eigenvalue weighted by Gasteiger charge is 2.24. The van der Waals surface area contributed by atoms with Crippen LogP contribution in [0.1, 0.15) is 13.8 Å². The Morgan fingerprint density at radius 1 is 0.971 bits per heavy atom. The number of nitrogens with one attached hydrogen (secondary N) is 1. The number of aromatic nitrogens is 1. The Bertz CT molecular complexity index is 1230.